The maximum Gasteiger partial charge on any atom is 0.340 e. The summed E-state index contributed by atoms with van der Waals surface area (Å²) in [4.78, 5) is 45.8. The van der Waals surface area contributed by atoms with Crippen LogP contribution in [0.25, 0.3) is 0 Å². The fraction of sp³-hybridized carbons (Fsp3) is 0.453. The third kappa shape index (κ3) is 11.8. The summed E-state index contributed by atoms with van der Waals surface area (Å²) >= 11 is 6.20. The number of ether oxygens (including phenoxy) is 5. The summed E-state index contributed by atoms with van der Waals surface area (Å²) in [6.45, 7) is 9.99. The average molecular weight is 954 g/mol. The molecule has 9 atom stereocenters. The number of nitrogens with zero attached hydrogens (tertiary/aromatic N) is 2. The van der Waals surface area contributed by atoms with Gasteiger partial charge < -0.3 is 49.2 Å². The van der Waals surface area contributed by atoms with Gasteiger partial charge in [0.25, 0.3) is 11.8 Å². The number of halogens is 2. The maximum atomic E-state index is 14.4. The number of aliphatic hydroxyl groups is 1. The molecule has 4 aromatic rings. The number of carbonyl (C=O) groups excluding carboxylic acids is 3. The standard InChI is InChI=1S/C53H62ClFN4O9/c1-30-9-7-10-31(2)49(30)68-48(51(61)57-45-18-14-38(25-43(45)52(62)64-5)58-20-8-11-37(55)29-58)24-35-22-42(35)41-21-34(41)23-47(67-40-16-12-36(54)13-17-40)50(60)56-46-19-15-39(26-44(46)53(63)65-6)59-27-32(3)66-33(4)28-59/h7,9-19,25-26,32-35,41-42,47-48,53,63H,8,20-24,27-29H2,1-6H3,(H,56,60)(H,57,61)/t32-,33?,34?,35?,41?,42?,47-,48-,53?/m0/s1. The second kappa shape index (κ2) is 21.3. The molecule has 0 bridgehead atoms. The fourth-order valence-corrected chi connectivity index (χ4v) is 10.1. The second-order valence-electron chi connectivity index (χ2n) is 18.8. The van der Waals surface area contributed by atoms with Crippen molar-refractivity contribution in [1.82, 2.24) is 0 Å². The molecular weight excluding hydrogens is 891 g/mol. The Labute approximate surface area is 402 Å². The largest absolute Gasteiger partial charge is 0.481 e. The van der Waals surface area contributed by atoms with E-state index in [-0.39, 0.29) is 53.6 Å². The lowest BCUT2D eigenvalue weighted by molar-refractivity contribution is -0.124. The smallest absolute Gasteiger partial charge is 0.340 e. The van der Waals surface area contributed by atoms with Gasteiger partial charge in [0.1, 0.15) is 17.3 Å². The number of anilines is 4. The van der Waals surface area contributed by atoms with Crippen LogP contribution in [0.2, 0.25) is 5.02 Å². The van der Waals surface area contributed by atoms with Crippen LogP contribution < -0.4 is 29.9 Å². The molecule has 15 heteroatoms. The molecule has 2 heterocycles. The van der Waals surface area contributed by atoms with E-state index in [1.54, 1.807) is 54.6 Å². The number of methoxy groups -OCH3 is 2. The summed E-state index contributed by atoms with van der Waals surface area (Å²) in [5, 5.41) is 17.6. The maximum absolute atomic E-state index is 14.4. The molecule has 2 aliphatic carbocycles. The predicted octanol–water partition coefficient (Wildman–Crippen LogP) is 9.58. The van der Waals surface area contributed by atoms with Crippen molar-refractivity contribution in [2.24, 2.45) is 23.7 Å². The van der Waals surface area contributed by atoms with Crippen molar-refractivity contribution in [3.63, 3.8) is 0 Å². The first-order valence-corrected chi connectivity index (χ1v) is 23.9. The summed E-state index contributed by atoms with van der Waals surface area (Å²) in [5.41, 5.74) is 4.58. The van der Waals surface area contributed by atoms with E-state index in [1.165, 1.54) is 14.2 Å². The van der Waals surface area contributed by atoms with Crippen LogP contribution in [0.15, 0.2) is 90.8 Å². The number of benzene rings is 4. The van der Waals surface area contributed by atoms with E-state index in [9.17, 15) is 23.9 Å². The van der Waals surface area contributed by atoms with E-state index in [4.69, 9.17) is 35.3 Å². The molecule has 68 heavy (non-hydrogen) atoms. The summed E-state index contributed by atoms with van der Waals surface area (Å²) in [6, 6.07) is 23.3. The molecule has 4 aromatic carbocycles. The number of nitrogens with one attached hydrogen (secondary N) is 2. The number of morpholine rings is 1. The Hall–Kier alpha value is -5.67. The van der Waals surface area contributed by atoms with E-state index in [1.807, 2.05) is 62.9 Å². The van der Waals surface area contributed by atoms with E-state index in [2.05, 4.69) is 15.5 Å². The van der Waals surface area contributed by atoms with Gasteiger partial charge >= 0.3 is 5.97 Å². The molecule has 0 aromatic heterocycles. The van der Waals surface area contributed by atoms with Crippen molar-refractivity contribution < 1.29 is 47.6 Å². The van der Waals surface area contributed by atoms with Gasteiger partial charge in [0, 0.05) is 54.4 Å². The first kappa shape index (κ1) is 48.8. The van der Waals surface area contributed by atoms with E-state index >= 15 is 0 Å². The van der Waals surface area contributed by atoms with Crippen molar-refractivity contribution in [2.45, 2.75) is 90.5 Å². The monoisotopic (exact) mass is 952 g/mol. The molecule has 1 saturated heterocycles. The lowest BCUT2D eigenvalue weighted by atomic mass is 10.0. The lowest BCUT2D eigenvalue weighted by Gasteiger charge is -2.37. The highest BCUT2D eigenvalue weighted by molar-refractivity contribution is 6.30. The molecule has 2 amide bonds. The van der Waals surface area contributed by atoms with Gasteiger partial charge in [-0.2, -0.15) is 0 Å². The van der Waals surface area contributed by atoms with Crippen LogP contribution in [0.4, 0.5) is 27.1 Å². The number of hydrogen-bond acceptors (Lipinski definition) is 11. The summed E-state index contributed by atoms with van der Waals surface area (Å²) in [6.07, 6.45) is 1.79. The Morgan fingerprint density at radius 2 is 1.40 bits per heavy atom. The molecule has 6 unspecified atom stereocenters. The summed E-state index contributed by atoms with van der Waals surface area (Å²) in [5.74, 6) is 0.477. The zero-order chi connectivity index (χ0) is 48.2. The van der Waals surface area contributed by atoms with E-state index in [0.29, 0.717) is 84.2 Å². The molecule has 4 aliphatic rings. The predicted molar refractivity (Wildman–Crippen MR) is 260 cm³/mol. The molecule has 3 fully saturated rings. The van der Waals surface area contributed by atoms with Gasteiger partial charge in [-0.3, -0.25) is 9.59 Å². The molecule has 0 radical (unpaired) electrons. The van der Waals surface area contributed by atoms with Gasteiger partial charge in [0.2, 0.25) is 0 Å². The number of para-hydroxylation sites is 1. The molecule has 2 aliphatic heterocycles. The number of esters is 1. The van der Waals surface area contributed by atoms with Gasteiger partial charge in [-0.15, -0.1) is 0 Å². The minimum Gasteiger partial charge on any atom is -0.481 e. The second-order valence-corrected chi connectivity index (χ2v) is 19.2. The fourth-order valence-electron chi connectivity index (χ4n) is 9.95. The molecule has 8 rings (SSSR count). The minimum atomic E-state index is -1.29. The van der Waals surface area contributed by atoms with Crippen LogP contribution in [-0.2, 0) is 23.8 Å². The zero-order valence-corrected chi connectivity index (χ0v) is 40.3. The van der Waals surface area contributed by atoms with Crippen LogP contribution in [0.1, 0.15) is 79.3 Å². The Bertz CT molecular complexity index is 2480. The normalized spacial score (nSPS) is 23.4. The number of aryl methyl sites for hydroxylation is 2. The van der Waals surface area contributed by atoms with Crippen molar-refractivity contribution in [2.75, 3.05) is 60.8 Å². The van der Waals surface area contributed by atoms with Gasteiger partial charge in [-0.05, 0) is 161 Å². The van der Waals surface area contributed by atoms with Crippen LogP contribution >= 0.6 is 11.6 Å². The first-order valence-electron chi connectivity index (χ1n) is 23.5. The summed E-state index contributed by atoms with van der Waals surface area (Å²) < 4.78 is 43.6. The van der Waals surface area contributed by atoms with Crippen molar-refractivity contribution in [1.29, 1.82) is 0 Å². The SMILES string of the molecule is COC(=O)c1cc(N2CCC=C(F)C2)ccc1NC(=O)[C@H](CC1CC1C1CC1C[C@H](Oc1ccc(Cl)cc1)C(=O)Nc1ccc(N2CC(C)O[C@@H](C)C2)cc1C(O)OC)Oc1c(C)cccc1C. The van der Waals surface area contributed by atoms with Crippen LogP contribution in [-0.4, -0.2) is 87.7 Å². The number of aliphatic hydroxyl groups excluding tert-OH is 1. The number of hydrogen-bond donors (Lipinski definition) is 3. The molecule has 13 nitrogen and oxygen atoms in total. The number of amides is 2. The van der Waals surface area contributed by atoms with Crippen molar-refractivity contribution in [3.05, 3.63) is 118 Å². The molecule has 3 N–H and O–H groups in total. The topological polar surface area (TPSA) is 148 Å². The van der Waals surface area contributed by atoms with Gasteiger partial charge in [-0.1, -0.05) is 29.8 Å². The van der Waals surface area contributed by atoms with Crippen molar-refractivity contribution >= 4 is 52.1 Å². The highest BCUT2D eigenvalue weighted by Gasteiger charge is 2.55. The minimum absolute atomic E-state index is 0.0311. The highest BCUT2D eigenvalue weighted by Crippen LogP contribution is 2.61. The Morgan fingerprint density at radius 3 is 2.00 bits per heavy atom. The number of rotatable bonds is 18. The highest BCUT2D eigenvalue weighted by atomic mass is 35.5. The van der Waals surface area contributed by atoms with Gasteiger partial charge in [0.15, 0.2) is 18.5 Å². The Kier molecular flexibility index (Phi) is 15.3. The number of carbonyl (C=O) groups is 3. The quantitative estimate of drug-likeness (QED) is 0.0647. The molecule has 0 spiro atoms. The summed E-state index contributed by atoms with van der Waals surface area (Å²) in [7, 11) is 2.69. The first-order chi connectivity index (χ1) is 32.7. The van der Waals surface area contributed by atoms with Gasteiger partial charge in [-0.25, -0.2) is 9.18 Å². The average Bonchev–Trinajstić information content (AvgIpc) is 4.26. The van der Waals surface area contributed by atoms with Gasteiger partial charge in [0.05, 0.1) is 37.1 Å². The van der Waals surface area contributed by atoms with E-state index in [0.717, 1.165) is 29.7 Å². The molecular formula is C53H62ClFN4O9. The van der Waals surface area contributed by atoms with Crippen molar-refractivity contribution in [3.8, 4) is 11.5 Å². The van der Waals surface area contributed by atoms with Crippen LogP contribution in [0.3, 0.4) is 0 Å². The van der Waals surface area contributed by atoms with E-state index < -0.39 is 30.4 Å². The third-order valence-corrected chi connectivity index (χ3v) is 13.8. The third-order valence-electron chi connectivity index (χ3n) is 13.6. The molecule has 2 saturated carbocycles. The molecule has 362 valence electrons. The Morgan fingerprint density at radius 1 is 0.809 bits per heavy atom. The zero-order valence-electron chi connectivity index (χ0n) is 39.5. The Balaban J connectivity index is 0.971. The lowest BCUT2D eigenvalue weighted by Crippen LogP contribution is -2.45. The van der Waals surface area contributed by atoms with Crippen LogP contribution in [0, 0.1) is 37.5 Å². The van der Waals surface area contributed by atoms with Crippen LogP contribution in [0.5, 0.6) is 11.5 Å².